The maximum absolute atomic E-state index is 11.2. The van der Waals surface area contributed by atoms with Gasteiger partial charge in [-0.15, -0.1) is 0 Å². The predicted octanol–water partition coefficient (Wildman–Crippen LogP) is 3.04. The van der Waals surface area contributed by atoms with Crippen molar-refractivity contribution >= 4 is 33.7 Å². The molecule has 3 rings (SSSR count). The topological polar surface area (TPSA) is 53.0 Å². The average Bonchev–Trinajstić information content (AvgIpc) is 2.71. The number of pyridine rings is 1. The second-order valence-electron chi connectivity index (χ2n) is 4.06. The van der Waals surface area contributed by atoms with Crippen molar-refractivity contribution < 1.29 is 9.15 Å². The minimum absolute atomic E-state index is 0.542. The molecule has 0 atom stereocenters. The molecule has 0 radical (unpaired) electrons. The number of rotatable bonds is 1. The summed E-state index contributed by atoms with van der Waals surface area (Å²) in [6, 6.07) is 7.59. The molecule has 0 bridgehead atoms. The molecular weight excluding hydrogens is 343 g/mol. The Kier molecular flexibility index (Phi) is 2.70. The van der Waals surface area contributed by atoms with E-state index in [1.165, 1.54) is 12.4 Å². The van der Waals surface area contributed by atoms with Crippen LogP contribution in [-0.2, 0) is 0 Å². The van der Waals surface area contributed by atoms with Crippen LogP contribution in [0.25, 0.3) is 22.6 Å². The lowest BCUT2D eigenvalue weighted by molar-refractivity contribution is -0.606. The zero-order valence-corrected chi connectivity index (χ0v) is 11.7. The maximum atomic E-state index is 11.2. The van der Waals surface area contributed by atoms with E-state index in [2.05, 4.69) is 27.6 Å². The standard InChI is InChI=1S/C13H9IN2O2/c1-8-2-3-12-11(6-8)15-13(18-12)9-4-5-16(17)7-10(9)14/h2-7H,1H3. The number of benzene rings is 1. The molecule has 0 amide bonds. The average molecular weight is 352 g/mol. The minimum Gasteiger partial charge on any atom is -0.619 e. The van der Waals surface area contributed by atoms with Crippen molar-refractivity contribution in [2.24, 2.45) is 0 Å². The van der Waals surface area contributed by atoms with Crippen LogP contribution in [0.5, 0.6) is 0 Å². The molecule has 0 saturated heterocycles. The second kappa shape index (κ2) is 4.24. The van der Waals surface area contributed by atoms with E-state index in [0.29, 0.717) is 5.89 Å². The van der Waals surface area contributed by atoms with Gasteiger partial charge < -0.3 is 9.62 Å². The van der Waals surface area contributed by atoms with Crippen molar-refractivity contribution in [2.45, 2.75) is 6.92 Å². The van der Waals surface area contributed by atoms with Crippen LogP contribution >= 0.6 is 22.6 Å². The molecule has 0 N–H and O–H groups in total. The summed E-state index contributed by atoms with van der Waals surface area (Å²) in [6.07, 6.45) is 2.94. The lowest BCUT2D eigenvalue weighted by Crippen LogP contribution is -2.24. The maximum Gasteiger partial charge on any atom is 0.228 e. The summed E-state index contributed by atoms with van der Waals surface area (Å²) in [5, 5.41) is 11.2. The van der Waals surface area contributed by atoms with Gasteiger partial charge in [-0.05, 0) is 47.2 Å². The van der Waals surface area contributed by atoms with E-state index >= 15 is 0 Å². The molecule has 90 valence electrons. The molecule has 0 aliphatic heterocycles. The first kappa shape index (κ1) is 11.5. The first-order valence-corrected chi connectivity index (χ1v) is 6.47. The smallest absolute Gasteiger partial charge is 0.228 e. The molecule has 2 heterocycles. The fraction of sp³-hybridized carbons (Fsp3) is 0.0769. The van der Waals surface area contributed by atoms with Gasteiger partial charge in [0.25, 0.3) is 0 Å². The van der Waals surface area contributed by atoms with Crippen LogP contribution in [0.2, 0.25) is 0 Å². The summed E-state index contributed by atoms with van der Waals surface area (Å²) in [5.74, 6) is 0.542. The molecule has 18 heavy (non-hydrogen) atoms. The van der Waals surface area contributed by atoms with Crippen LogP contribution in [0, 0.1) is 15.7 Å². The van der Waals surface area contributed by atoms with E-state index in [0.717, 1.165) is 30.5 Å². The number of aryl methyl sites for hydroxylation is 1. The summed E-state index contributed by atoms with van der Waals surface area (Å²) >= 11 is 2.10. The molecule has 0 unspecified atom stereocenters. The molecule has 5 heteroatoms. The second-order valence-corrected chi connectivity index (χ2v) is 5.22. The number of fused-ring (bicyclic) bond motifs is 1. The third-order valence-electron chi connectivity index (χ3n) is 2.66. The summed E-state index contributed by atoms with van der Waals surface area (Å²) < 4.78 is 7.28. The van der Waals surface area contributed by atoms with Crippen molar-refractivity contribution in [1.29, 1.82) is 0 Å². The first-order valence-electron chi connectivity index (χ1n) is 5.39. The van der Waals surface area contributed by atoms with Gasteiger partial charge in [0.15, 0.2) is 18.0 Å². The minimum atomic E-state index is 0.542. The Hall–Kier alpha value is -1.63. The van der Waals surface area contributed by atoms with E-state index in [1.54, 1.807) is 6.07 Å². The molecule has 0 spiro atoms. The Morgan fingerprint density at radius 1 is 1.33 bits per heavy atom. The fourth-order valence-corrected chi connectivity index (χ4v) is 2.46. The van der Waals surface area contributed by atoms with Gasteiger partial charge in [-0.25, -0.2) is 4.98 Å². The Balaban J connectivity index is 2.19. The first-order chi connectivity index (χ1) is 8.63. The molecule has 0 aliphatic rings. The van der Waals surface area contributed by atoms with Gasteiger partial charge in [0.05, 0.1) is 9.13 Å². The normalized spacial score (nSPS) is 11.0. The predicted molar refractivity (Wildman–Crippen MR) is 75.9 cm³/mol. The molecule has 0 fully saturated rings. The lowest BCUT2D eigenvalue weighted by Gasteiger charge is -1.99. The quantitative estimate of drug-likeness (QED) is 0.384. The van der Waals surface area contributed by atoms with Gasteiger partial charge in [0.1, 0.15) is 5.52 Å². The van der Waals surface area contributed by atoms with Gasteiger partial charge >= 0.3 is 0 Å². The Bertz CT molecular complexity index is 737. The number of halogens is 1. The van der Waals surface area contributed by atoms with Crippen molar-refractivity contribution in [3.05, 3.63) is 51.0 Å². The van der Waals surface area contributed by atoms with Crippen molar-refractivity contribution in [3.63, 3.8) is 0 Å². The van der Waals surface area contributed by atoms with Gasteiger partial charge in [-0.3, -0.25) is 0 Å². The Morgan fingerprint density at radius 2 is 2.17 bits per heavy atom. The van der Waals surface area contributed by atoms with E-state index < -0.39 is 0 Å². The zero-order chi connectivity index (χ0) is 12.7. The van der Waals surface area contributed by atoms with Gasteiger partial charge in [-0.1, -0.05) is 6.07 Å². The molecular formula is C13H9IN2O2. The largest absolute Gasteiger partial charge is 0.619 e. The highest BCUT2D eigenvalue weighted by Gasteiger charge is 2.13. The van der Waals surface area contributed by atoms with E-state index in [-0.39, 0.29) is 0 Å². The number of nitrogens with zero attached hydrogens (tertiary/aromatic N) is 2. The third kappa shape index (κ3) is 1.94. The molecule has 0 saturated carbocycles. The van der Waals surface area contributed by atoms with Gasteiger partial charge in [0.2, 0.25) is 5.89 Å². The van der Waals surface area contributed by atoms with Crippen molar-refractivity contribution in [3.8, 4) is 11.5 Å². The number of hydrogen-bond donors (Lipinski definition) is 0. The zero-order valence-electron chi connectivity index (χ0n) is 9.55. The van der Waals surface area contributed by atoms with Crippen LogP contribution in [0.3, 0.4) is 0 Å². The van der Waals surface area contributed by atoms with Crippen molar-refractivity contribution in [2.75, 3.05) is 0 Å². The Labute approximate surface area is 117 Å². The van der Waals surface area contributed by atoms with Crippen LogP contribution in [0.1, 0.15) is 5.56 Å². The highest BCUT2D eigenvalue weighted by molar-refractivity contribution is 14.1. The summed E-state index contributed by atoms with van der Waals surface area (Å²) in [4.78, 5) is 4.45. The molecule has 3 aromatic rings. The third-order valence-corrected chi connectivity index (χ3v) is 3.52. The van der Waals surface area contributed by atoms with Crippen molar-refractivity contribution in [1.82, 2.24) is 4.98 Å². The monoisotopic (exact) mass is 352 g/mol. The SMILES string of the molecule is Cc1ccc2oc(-c3cc[n+]([O-])cc3I)nc2c1. The molecule has 4 nitrogen and oxygen atoms in total. The number of aromatic nitrogens is 2. The molecule has 0 aliphatic carbocycles. The van der Waals surface area contributed by atoms with Crippen LogP contribution in [0.15, 0.2) is 41.1 Å². The van der Waals surface area contributed by atoms with Crippen LogP contribution < -0.4 is 4.73 Å². The van der Waals surface area contributed by atoms with Crippen LogP contribution in [0.4, 0.5) is 0 Å². The summed E-state index contributed by atoms with van der Waals surface area (Å²) in [6.45, 7) is 2.01. The Morgan fingerprint density at radius 3 is 2.94 bits per heavy atom. The van der Waals surface area contributed by atoms with E-state index in [1.807, 2.05) is 25.1 Å². The summed E-state index contributed by atoms with van der Waals surface area (Å²) in [7, 11) is 0. The van der Waals surface area contributed by atoms with E-state index in [9.17, 15) is 5.21 Å². The number of hydrogen-bond acceptors (Lipinski definition) is 3. The van der Waals surface area contributed by atoms with E-state index in [4.69, 9.17) is 4.42 Å². The molecule has 2 aromatic heterocycles. The lowest BCUT2D eigenvalue weighted by atomic mass is 10.2. The van der Waals surface area contributed by atoms with Crippen LogP contribution in [-0.4, -0.2) is 4.98 Å². The molecule has 1 aromatic carbocycles. The highest BCUT2D eigenvalue weighted by Crippen LogP contribution is 2.27. The number of oxazole rings is 1. The highest BCUT2D eigenvalue weighted by atomic mass is 127. The fourth-order valence-electron chi connectivity index (χ4n) is 1.78. The van der Waals surface area contributed by atoms with Gasteiger partial charge in [-0.2, -0.15) is 4.73 Å². The van der Waals surface area contributed by atoms with Gasteiger partial charge in [0, 0.05) is 6.07 Å². The summed E-state index contributed by atoms with van der Waals surface area (Å²) in [5.41, 5.74) is 3.56.